The van der Waals surface area contributed by atoms with Gasteiger partial charge in [0, 0.05) is 32.6 Å². The number of nitrogens with two attached hydrogens (primary N) is 1. The Kier molecular flexibility index (Phi) is 4.51. The second-order valence-corrected chi connectivity index (χ2v) is 4.77. The number of nitrogen functional groups attached to an aromatic ring is 1. The molecule has 7 heteroatoms. The van der Waals surface area contributed by atoms with Crippen molar-refractivity contribution in [2.45, 2.75) is 19.8 Å². The number of hydrogen-bond donors (Lipinski definition) is 3. The van der Waals surface area contributed by atoms with Crippen LogP contribution < -0.4 is 21.5 Å². The lowest BCUT2D eigenvalue weighted by Gasteiger charge is -2.32. The number of aromatic nitrogens is 2. The van der Waals surface area contributed by atoms with Crippen LogP contribution in [0.2, 0.25) is 0 Å². The Labute approximate surface area is 112 Å². The Bertz CT molecular complexity index is 430. The third kappa shape index (κ3) is 3.78. The molecule has 7 nitrogen and oxygen atoms in total. The Morgan fingerprint density at radius 1 is 1.47 bits per heavy atom. The number of anilines is 2. The van der Waals surface area contributed by atoms with E-state index in [9.17, 15) is 4.79 Å². The summed E-state index contributed by atoms with van der Waals surface area (Å²) >= 11 is 0. The Balaban J connectivity index is 1.87. The van der Waals surface area contributed by atoms with E-state index in [1.807, 2.05) is 6.07 Å². The van der Waals surface area contributed by atoms with E-state index in [4.69, 9.17) is 5.84 Å². The van der Waals surface area contributed by atoms with Crippen LogP contribution in [0.1, 0.15) is 19.8 Å². The normalized spacial score (nSPS) is 16.2. The zero-order valence-corrected chi connectivity index (χ0v) is 11.1. The fraction of sp³-hybridized carbons (Fsp3) is 0.583. The molecule has 1 aromatic heterocycles. The summed E-state index contributed by atoms with van der Waals surface area (Å²) in [6.45, 7) is 4.19. The number of hydrazine groups is 1. The fourth-order valence-electron chi connectivity index (χ4n) is 2.25. The van der Waals surface area contributed by atoms with Crippen LogP contribution in [0.15, 0.2) is 12.4 Å². The summed E-state index contributed by atoms with van der Waals surface area (Å²) in [5, 5.41) is 2.88. The van der Waals surface area contributed by atoms with E-state index >= 15 is 0 Å². The molecule has 0 saturated carbocycles. The molecule has 19 heavy (non-hydrogen) atoms. The Morgan fingerprint density at radius 3 is 2.84 bits per heavy atom. The van der Waals surface area contributed by atoms with Crippen molar-refractivity contribution in [1.29, 1.82) is 0 Å². The van der Waals surface area contributed by atoms with E-state index < -0.39 is 0 Å². The number of nitrogens with zero attached hydrogens (tertiary/aromatic N) is 3. The summed E-state index contributed by atoms with van der Waals surface area (Å²) in [6.07, 6.45) is 3.61. The quantitative estimate of drug-likeness (QED) is 0.528. The van der Waals surface area contributed by atoms with Gasteiger partial charge in [-0.05, 0) is 18.8 Å². The van der Waals surface area contributed by atoms with Crippen LogP contribution >= 0.6 is 0 Å². The van der Waals surface area contributed by atoms with Gasteiger partial charge in [-0.2, -0.15) is 0 Å². The smallest absolute Gasteiger partial charge is 0.216 e. The van der Waals surface area contributed by atoms with Gasteiger partial charge in [-0.3, -0.25) is 4.79 Å². The summed E-state index contributed by atoms with van der Waals surface area (Å²) in [7, 11) is 0. The summed E-state index contributed by atoms with van der Waals surface area (Å²) in [5.74, 6) is 7.43. The number of nitrogens with one attached hydrogen (secondary N) is 2. The highest BCUT2D eigenvalue weighted by molar-refractivity contribution is 5.72. The first-order chi connectivity index (χ1) is 9.19. The summed E-state index contributed by atoms with van der Waals surface area (Å²) in [4.78, 5) is 21.4. The number of amides is 1. The van der Waals surface area contributed by atoms with Crippen molar-refractivity contribution in [3.05, 3.63) is 12.4 Å². The minimum Gasteiger partial charge on any atom is -0.356 e. The standard InChI is InChI=1S/C12H20N6O/c1-9(19)14-7-10-2-4-18(5-3-10)12-6-11(17-13)15-8-16-12/h6,8,10H,2-5,7,13H2,1H3,(H,14,19)(H,15,16,17). The highest BCUT2D eigenvalue weighted by Gasteiger charge is 2.20. The van der Waals surface area contributed by atoms with Gasteiger partial charge in [-0.25, -0.2) is 15.8 Å². The molecular weight excluding hydrogens is 244 g/mol. The van der Waals surface area contributed by atoms with E-state index in [-0.39, 0.29) is 5.91 Å². The fourth-order valence-corrected chi connectivity index (χ4v) is 2.25. The van der Waals surface area contributed by atoms with E-state index in [2.05, 4.69) is 25.6 Å². The highest BCUT2D eigenvalue weighted by Crippen LogP contribution is 2.22. The molecule has 2 rings (SSSR count). The van der Waals surface area contributed by atoms with Crippen molar-refractivity contribution < 1.29 is 4.79 Å². The predicted octanol–water partition coefficient (Wildman–Crippen LogP) is 0.115. The minimum absolute atomic E-state index is 0.0388. The van der Waals surface area contributed by atoms with Crippen LogP contribution in [0.4, 0.5) is 11.6 Å². The Morgan fingerprint density at radius 2 is 2.21 bits per heavy atom. The largest absolute Gasteiger partial charge is 0.356 e. The molecule has 0 atom stereocenters. The van der Waals surface area contributed by atoms with Crippen molar-refractivity contribution in [2.24, 2.45) is 11.8 Å². The molecule has 0 bridgehead atoms. The molecule has 2 heterocycles. The lowest BCUT2D eigenvalue weighted by Crippen LogP contribution is -2.38. The van der Waals surface area contributed by atoms with Gasteiger partial charge in [0.15, 0.2) is 0 Å². The molecule has 1 aromatic rings. The van der Waals surface area contributed by atoms with Crippen molar-refractivity contribution >= 4 is 17.5 Å². The number of carbonyl (C=O) groups excluding carboxylic acids is 1. The molecule has 1 amide bonds. The van der Waals surface area contributed by atoms with Crippen LogP contribution in [0.3, 0.4) is 0 Å². The maximum absolute atomic E-state index is 10.9. The molecule has 0 unspecified atom stereocenters. The first-order valence-electron chi connectivity index (χ1n) is 6.47. The SMILES string of the molecule is CC(=O)NCC1CCN(c2cc(NN)ncn2)CC1. The third-order valence-corrected chi connectivity index (χ3v) is 3.38. The van der Waals surface area contributed by atoms with Crippen molar-refractivity contribution in [2.75, 3.05) is 30.0 Å². The summed E-state index contributed by atoms with van der Waals surface area (Å²) in [5.41, 5.74) is 2.52. The second kappa shape index (κ2) is 6.33. The summed E-state index contributed by atoms with van der Waals surface area (Å²) in [6, 6.07) is 1.84. The van der Waals surface area contributed by atoms with Crippen molar-refractivity contribution in [3.63, 3.8) is 0 Å². The van der Waals surface area contributed by atoms with Crippen LogP contribution in [0.25, 0.3) is 0 Å². The molecule has 0 spiro atoms. The zero-order chi connectivity index (χ0) is 13.7. The number of piperidine rings is 1. The first kappa shape index (κ1) is 13.5. The molecule has 0 aliphatic carbocycles. The molecular formula is C12H20N6O. The van der Waals surface area contributed by atoms with Gasteiger partial charge in [0.1, 0.15) is 18.0 Å². The number of rotatable bonds is 4. The number of hydrogen-bond acceptors (Lipinski definition) is 6. The van der Waals surface area contributed by atoms with Crippen molar-refractivity contribution in [3.8, 4) is 0 Å². The lowest BCUT2D eigenvalue weighted by atomic mass is 9.97. The Hall–Kier alpha value is -1.89. The second-order valence-electron chi connectivity index (χ2n) is 4.77. The van der Waals surface area contributed by atoms with E-state index in [0.29, 0.717) is 11.7 Å². The molecule has 4 N–H and O–H groups in total. The van der Waals surface area contributed by atoms with Gasteiger partial charge in [0.25, 0.3) is 0 Å². The van der Waals surface area contributed by atoms with Crippen LogP contribution in [-0.2, 0) is 4.79 Å². The lowest BCUT2D eigenvalue weighted by molar-refractivity contribution is -0.119. The van der Waals surface area contributed by atoms with Gasteiger partial charge in [-0.15, -0.1) is 0 Å². The third-order valence-electron chi connectivity index (χ3n) is 3.38. The van der Waals surface area contributed by atoms with Crippen LogP contribution in [0.5, 0.6) is 0 Å². The average molecular weight is 264 g/mol. The topological polar surface area (TPSA) is 96.2 Å². The van der Waals surface area contributed by atoms with Gasteiger partial charge < -0.3 is 15.6 Å². The molecule has 0 aromatic carbocycles. The zero-order valence-electron chi connectivity index (χ0n) is 11.1. The predicted molar refractivity (Wildman–Crippen MR) is 73.5 cm³/mol. The van der Waals surface area contributed by atoms with Crippen molar-refractivity contribution in [1.82, 2.24) is 15.3 Å². The van der Waals surface area contributed by atoms with Crippen LogP contribution in [0, 0.1) is 5.92 Å². The molecule has 1 saturated heterocycles. The highest BCUT2D eigenvalue weighted by atomic mass is 16.1. The maximum atomic E-state index is 10.9. The summed E-state index contributed by atoms with van der Waals surface area (Å²) < 4.78 is 0. The molecule has 104 valence electrons. The maximum Gasteiger partial charge on any atom is 0.216 e. The molecule has 1 fully saturated rings. The molecule has 1 aliphatic rings. The van der Waals surface area contributed by atoms with Crippen LogP contribution in [-0.4, -0.2) is 35.5 Å². The van der Waals surface area contributed by atoms with E-state index in [1.165, 1.54) is 6.33 Å². The molecule has 0 radical (unpaired) electrons. The first-order valence-corrected chi connectivity index (χ1v) is 6.47. The van der Waals surface area contributed by atoms with Gasteiger partial charge in [0.05, 0.1) is 0 Å². The van der Waals surface area contributed by atoms with E-state index in [0.717, 1.165) is 38.3 Å². The molecule has 1 aliphatic heterocycles. The van der Waals surface area contributed by atoms with Gasteiger partial charge in [0.2, 0.25) is 5.91 Å². The number of carbonyl (C=O) groups is 1. The monoisotopic (exact) mass is 264 g/mol. The minimum atomic E-state index is 0.0388. The van der Waals surface area contributed by atoms with E-state index in [1.54, 1.807) is 6.92 Å². The average Bonchev–Trinajstić information content (AvgIpc) is 2.45. The van der Waals surface area contributed by atoms with Gasteiger partial charge >= 0.3 is 0 Å². The van der Waals surface area contributed by atoms with Gasteiger partial charge in [-0.1, -0.05) is 0 Å².